The van der Waals surface area contributed by atoms with E-state index in [1.807, 2.05) is 53.9 Å². The zero-order valence-electron chi connectivity index (χ0n) is 11.0. The van der Waals surface area contributed by atoms with Crippen LogP contribution in [0.1, 0.15) is 0 Å². The van der Waals surface area contributed by atoms with Crippen molar-refractivity contribution in [2.24, 2.45) is 0 Å². The Morgan fingerprint density at radius 3 is 2.55 bits per heavy atom. The highest BCUT2D eigenvalue weighted by Crippen LogP contribution is 2.33. The molecule has 0 aliphatic heterocycles. The van der Waals surface area contributed by atoms with Crippen molar-refractivity contribution in [3.63, 3.8) is 0 Å². The number of nitrogens with two attached hydrogens (primary N) is 1. The summed E-state index contributed by atoms with van der Waals surface area (Å²) in [7, 11) is 1.67. The zero-order chi connectivity index (χ0) is 13.9. The second-order valence-corrected chi connectivity index (χ2v) is 5.22. The van der Waals surface area contributed by atoms with E-state index in [2.05, 4.69) is 4.98 Å². The average Bonchev–Trinajstić information content (AvgIpc) is 2.97. The number of anilines is 1. The number of rotatable bonds is 3. The number of aromatic nitrogens is 1. The maximum atomic E-state index is 5.71. The van der Waals surface area contributed by atoms with Gasteiger partial charge >= 0.3 is 0 Å². The highest BCUT2D eigenvalue weighted by atomic mass is 32.1. The van der Waals surface area contributed by atoms with Gasteiger partial charge < -0.3 is 10.5 Å². The van der Waals surface area contributed by atoms with Crippen LogP contribution in [0.25, 0.3) is 21.8 Å². The van der Waals surface area contributed by atoms with Crippen molar-refractivity contribution in [3.05, 3.63) is 53.9 Å². The van der Waals surface area contributed by atoms with Crippen LogP contribution >= 0.6 is 11.3 Å². The highest BCUT2D eigenvalue weighted by molar-refractivity contribution is 7.13. The van der Waals surface area contributed by atoms with Crippen molar-refractivity contribution in [2.45, 2.75) is 0 Å². The van der Waals surface area contributed by atoms with E-state index < -0.39 is 0 Å². The van der Waals surface area contributed by atoms with Gasteiger partial charge in [-0.15, -0.1) is 11.3 Å². The lowest BCUT2D eigenvalue weighted by atomic mass is 10.1. The fourth-order valence-electron chi connectivity index (χ4n) is 2.01. The van der Waals surface area contributed by atoms with Gasteiger partial charge in [0.25, 0.3) is 0 Å². The van der Waals surface area contributed by atoms with Gasteiger partial charge in [-0.1, -0.05) is 12.1 Å². The molecule has 3 rings (SSSR count). The second kappa shape index (κ2) is 5.35. The summed E-state index contributed by atoms with van der Waals surface area (Å²) in [5, 5.41) is 3.02. The molecular weight excluding hydrogens is 268 g/mol. The molecule has 0 radical (unpaired) electrons. The van der Waals surface area contributed by atoms with Crippen molar-refractivity contribution in [1.82, 2.24) is 4.98 Å². The van der Waals surface area contributed by atoms with Crippen LogP contribution in [0.3, 0.4) is 0 Å². The fraction of sp³-hybridized carbons (Fsp3) is 0.0625. The van der Waals surface area contributed by atoms with E-state index in [4.69, 9.17) is 10.5 Å². The Bertz CT molecular complexity index is 719. The molecule has 3 aromatic rings. The molecule has 0 fully saturated rings. The van der Waals surface area contributed by atoms with Gasteiger partial charge in [0, 0.05) is 22.2 Å². The van der Waals surface area contributed by atoms with Crippen molar-refractivity contribution < 1.29 is 4.74 Å². The first-order valence-corrected chi connectivity index (χ1v) is 7.11. The molecule has 0 saturated heterocycles. The van der Waals surface area contributed by atoms with Gasteiger partial charge in [0.1, 0.15) is 10.8 Å². The molecule has 0 aliphatic carbocycles. The summed E-state index contributed by atoms with van der Waals surface area (Å²) in [4.78, 5) is 4.69. The molecule has 1 aromatic heterocycles. The van der Waals surface area contributed by atoms with Crippen LogP contribution in [-0.4, -0.2) is 12.1 Å². The summed E-state index contributed by atoms with van der Waals surface area (Å²) >= 11 is 1.62. The summed E-state index contributed by atoms with van der Waals surface area (Å²) in [6.07, 6.45) is 0. The van der Waals surface area contributed by atoms with Gasteiger partial charge in [0.15, 0.2) is 0 Å². The van der Waals surface area contributed by atoms with Crippen LogP contribution < -0.4 is 10.5 Å². The third-order valence-electron chi connectivity index (χ3n) is 3.04. The standard InChI is InChI=1S/C16H14N2OS/c1-19-15-5-3-2-4-13(15)14-10-20-16(18-14)11-6-8-12(17)9-7-11/h2-10H,17H2,1H3. The molecular formula is C16H14N2OS. The number of hydrogen-bond donors (Lipinski definition) is 1. The van der Waals surface area contributed by atoms with Gasteiger partial charge in [0.2, 0.25) is 0 Å². The van der Waals surface area contributed by atoms with E-state index in [1.54, 1.807) is 18.4 Å². The van der Waals surface area contributed by atoms with E-state index in [-0.39, 0.29) is 0 Å². The monoisotopic (exact) mass is 282 g/mol. The quantitative estimate of drug-likeness (QED) is 0.737. The number of hydrogen-bond acceptors (Lipinski definition) is 4. The summed E-state index contributed by atoms with van der Waals surface area (Å²) in [6.45, 7) is 0. The first-order chi connectivity index (χ1) is 9.78. The van der Waals surface area contributed by atoms with Crippen LogP contribution in [0.5, 0.6) is 5.75 Å². The lowest BCUT2D eigenvalue weighted by molar-refractivity contribution is 0.416. The van der Waals surface area contributed by atoms with E-state index in [9.17, 15) is 0 Å². The highest BCUT2D eigenvalue weighted by Gasteiger charge is 2.10. The molecule has 0 aliphatic rings. The first kappa shape index (κ1) is 12.7. The second-order valence-electron chi connectivity index (χ2n) is 4.36. The number of thiazole rings is 1. The van der Waals surface area contributed by atoms with Crippen molar-refractivity contribution >= 4 is 17.0 Å². The lowest BCUT2D eigenvalue weighted by Gasteiger charge is -2.04. The van der Waals surface area contributed by atoms with Crippen molar-refractivity contribution in [1.29, 1.82) is 0 Å². The molecule has 1 heterocycles. The number of benzene rings is 2. The number of nitrogens with zero attached hydrogens (tertiary/aromatic N) is 1. The van der Waals surface area contributed by atoms with E-state index >= 15 is 0 Å². The zero-order valence-corrected chi connectivity index (χ0v) is 11.9. The van der Waals surface area contributed by atoms with Crippen LogP contribution in [0.2, 0.25) is 0 Å². The topological polar surface area (TPSA) is 48.1 Å². The predicted octanol–water partition coefficient (Wildman–Crippen LogP) is 4.07. The lowest BCUT2D eigenvalue weighted by Crippen LogP contribution is -1.87. The SMILES string of the molecule is COc1ccccc1-c1csc(-c2ccc(N)cc2)n1. The molecule has 0 saturated carbocycles. The van der Waals surface area contributed by atoms with E-state index in [0.717, 1.165) is 33.3 Å². The molecule has 0 unspecified atom stereocenters. The van der Waals surface area contributed by atoms with E-state index in [1.165, 1.54) is 0 Å². The normalized spacial score (nSPS) is 10.4. The maximum Gasteiger partial charge on any atom is 0.128 e. The van der Waals surface area contributed by atoms with Crippen LogP contribution in [0.4, 0.5) is 5.69 Å². The molecule has 0 amide bonds. The molecule has 0 atom stereocenters. The van der Waals surface area contributed by atoms with E-state index in [0.29, 0.717) is 0 Å². The van der Waals surface area contributed by atoms with Crippen molar-refractivity contribution in [3.8, 4) is 27.6 Å². The van der Waals surface area contributed by atoms with Gasteiger partial charge in [0.05, 0.1) is 12.8 Å². The Labute approximate surface area is 121 Å². The number of ether oxygens (including phenoxy) is 1. The minimum absolute atomic E-state index is 0.759. The van der Waals surface area contributed by atoms with Gasteiger partial charge in [-0.25, -0.2) is 4.98 Å². The minimum atomic E-state index is 0.759. The number of nitrogen functional groups attached to an aromatic ring is 1. The minimum Gasteiger partial charge on any atom is -0.496 e. The fourth-order valence-corrected chi connectivity index (χ4v) is 2.84. The smallest absolute Gasteiger partial charge is 0.128 e. The summed E-state index contributed by atoms with van der Waals surface area (Å²) < 4.78 is 5.38. The Morgan fingerprint density at radius 1 is 1.05 bits per heavy atom. The Morgan fingerprint density at radius 2 is 1.80 bits per heavy atom. The maximum absolute atomic E-state index is 5.71. The van der Waals surface area contributed by atoms with Crippen LogP contribution in [0, 0.1) is 0 Å². The molecule has 2 aromatic carbocycles. The van der Waals surface area contributed by atoms with Gasteiger partial charge in [-0.3, -0.25) is 0 Å². The molecule has 100 valence electrons. The third-order valence-corrected chi connectivity index (χ3v) is 3.94. The molecule has 2 N–H and O–H groups in total. The summed E-state index contributed by atoms with van der Waals surface area (Å²) in [6, 6.07) is 15.6. The largest absolute Gasteiger partial charge is 0.496 e. The molecule has 0 spiro atoms. The molecule has 20 heavy (non-hydrogen) atoms. The summed E-state index contributed by atoms with van der Waals surface area (Å²) in [5.74, 6) is 0.835. The Hall–Kier alpha value is -2.33. The first-order valence-electron chi connectivity index (χ1n) is 6.23. The number of para-hydroxylation sites is 1. The molecule has 3 nitrogen and oxygen atoms in total. The molecule has 4 heteroatoms. The van der Waals surface area contributed by atoms with Crippen LogP contribution in [0.15, 0.2) is 53.9 Å². The van der Waals surface area contributed by atoms with Gasteiger partial charge in [-0.2, -0.15) is 0 Å². The van der Waals surface area contributed by atoms with Crippen molar-refractivity contribution in [2.75, 3.05) is 12.8 Å². The Balaban J connectivity index is 2.00. The van der Waals surface area contributed by atoms with Crippen LogP contribution in [-0.2, 0) is 0 Å². The number of methoxy groups -OCH3 is 1. The summed E-state index contributed by atoms with van der Waals surface area (Å²) in [5.41, 5.74) is 9.48. The Kier molecular flexibility index (Phi) is 3.39. The van der Waals surface area contributed by atoms with Gasteiger partial charge in [-0.05, 0) is 36.4 Å². The molecule has 0 bridgehead atoms. The predicted molar refractivity (Wildman–Crippen MR) is 84.0 cm³/mol. The third kappa shape index (κ3) is 2.38. The average molecular weight is 282 g/mol.